The third-order valence-corrected chi connectivity index (χ3v) is 8.22. The molecule has 2 aliphatic heterocycles. The lowest BCUT2D eigenvalue weighted by Gasteiger charge is -2.31. The molecule has 0 spiro atoms. The van der Waals surface area contributed by atoms with Crippen LogP contribution in [0.25, 0.3) is 6.08 Å². The summed E-state index contributed by atoms with van der Waals surface area (Å²) < 4.78 is 25.5. The Balaban J connectivity index is 1.21. The second kappa shape index (κ2) is 10.9. The second-order valence-corrected chi connectivity index (χ2v) is 10.8. The van der Waals surface area contributed by atoms with Gasteiger partial charge < -0.3 is 10.2 Å². The van der Waals surface area contributed by atoms with Gasteiger partial charge in [-0.05, 0) is 55.0 Å². The Morgan fingerprint density at radius 2 is 1.68 bits per heavy atom. The average molecular weight is 482 g/mol. The van der Waals surface area contributed by atoms with Crippen molar-refractivity contribution in [2.45, 2.75) is 38.1 Å². The number of carbonyl (C=O) groups excluding carboxylic acids is 2. The molecule has 2 saturated heterocycles. The third-order valence-electron chi connectivity index (χ3n) is 6.35. The van der Waals surface area contributed by atoms with Gasteiger partial charge in [0.25, 0.3) is 0 Å². The number of sulfonamides is 1. The van der Waals surface area contributed by atoms with E-state index in [2.05, 4.69) is 5.32 Å². The smallest absolute Gasteiger partial charge is 0.246 e. The molecule has 2 aliphatic rings. The maximum atomic E-state index is 12.6. The summed E-state index contributed by atoms with van der Waals surface area (Å²) in [4.78, 5) is 26.6. The SMILES string of the molecule is O=C(CCc1ccccc1)NC1CCN(C(=O)/C=C/c2ccc(N3CCCS3(=O)=O)cc2)CC1. The van der Waals surface area contributed by atoms with E-state index in [0.717, 1.165) is 30.4 Å². The number of likely N-dealkylation sites (tertiary alicyclic amines) is 1. The van der Waals surface area contributed by atoms with Crippen molar-refractivity contribution in [2.24, 2.45) is 0 Å². The van der Waals surface area contributed by atoms with Gasteiger partial charge in [-0.3, -0.25) is 13.9 Å². The van der Waals surface area contributed by atoms with Crippen LogP contribution in [0.4, 0.5) is 5.69 Å². The summed E-state index contributed by atoms with van der Waals surface area (Å²) in [7, 11) is -3.19. The van der Waals surface area contributed by atoms with Crippen molar-refractivity contribution in [3.8, 4) is 0 Å². The number of benzene rings is 2. The molecular weight excluding hydrogens is 450 g/mol. The van der Waals surface area contributed by atoms with Crippen molar-refractivity contribution < 1.29 is 18.0 Å². The van der Waals surface area contributed by atoms with Crippen LogP contribution < -0.4 is 9.62 Å². The molecule has 4 rings (SSSR count). The zero-order valence-electron chi connectivity index (χ0n) is 19.2. The van der Waals surface area contributed by atoms with Crippen LogP contribution >= 0.6 is 0 Å². The van der Waals surface area contributed by atoms with Crippen molar-refractivity contribution in [1.82, 2.24) is 10.2 Å². The quantitative estimate of drug-likeness (QED) is 0.616. The predicted molar refractivity (Wildman–Crippen MR) is 134 cm³/mol. The van der Waals surface area contributed by atoms with E-state index in [1.54, 1.807) is 29.2 Å². The standard InChI is InChI=1S/C26H31N3O4S/c30-25(13-9-21-5-2-1-3-6-21)27-23-15-18-28(19-16-23)26(31)14-10-22-7-11-24(12-8-22)29-17-4-20-34(29,32)33/h1-3,5-8,10-12,14,23H,4,9,13,15-20H2,(H,27,30)/b14-10+. The van der Waals surface area contributed by atoms with Gasteiger partial charge in [-0.1, -0.05) is 42.5 Å². The molecule has 0 aliphatic carbocycles. The maximum absolute atomic E-state index is 12.6. The van der Waals surface area contributed by atoms with Gasteiger partial charge in [0.1, 0.15) is 0 Å². The first-order valence-corrected chi connectivity index (χ1v) is 13.4. The molecule has 0 unspecified atom stereocenters. The fourth-order valence-corrected chi connectivity index (χ4v) is 5.97. The fraction of sp³-hybridized carbons (Fsp3) is 0.385. The molecule has 8 heteroatoms. The van der Waals surface area contributed by atoms with Crippen LogP contribution in [-0.4, -0.2) is 56.6 Å². The Bertz CT molecular complexity index is 1120. The van der Waals surface area contributed by atoms with Gasteiger partial charge in [0.15, 0.2) is 0 Å². The summed E-state index contributed by atoms with van der Waals surface area (Å²) in [6, 6.07) is 17.3. The van der Waals surface area contributed by atoms with E-state index in [1.165, 1.54) is 4.31 Å². The van der Waals surface area contributed by atoms with E-state index < -0.39 is 10.0 Å². The highest BCUT2D eigenvalue weighted by Crippen LogP contribution is 2.24. The van der Waals surface area contributed by atoms with Crippen LogP contribution in [-0.2, 0) is 26.0 Å². The van der Waals surface area contributed by atoms with Crippen LogP contribution in [0.3, 0.4) is 0 Å². The van der Waals surface area contributed by atoms with Crippen LogP contribution in [0.2, 0.25) is 0 Å². The molecule has 0 atom stereocenters. The zero-order chi connectivity index (χ0) is 24.0. The summed E-state index contributed by atoms with van der Waals surface area (Å²) in [6.07, 6.45) is 6.64. The first-order chi connectivity index (χ1) is 16.4. The molecule has 0 aromatic heterocycles. The lowest BCUT2D eigenvalue weighted by Crippen LogP contribution is -2.46. The van der Waals surface area contributed by atoms with Gasteiger partial charge in [0.2, 0.25) is 21.8 Å². The minimum atomic E-state index is -3.19. The average Bonchev–Trinajstić information content (AvgIpc) is 3.21. The number of hydrogen-bond acceptors (Lipinski definition) is 4. The molecule has 2 aromatic carbocycles. The van der Waals surface area contributed by atoms with Crippen molar-refractivity contribution >= 4 is 33.6 Å². The summed E-state index contributed by atoms with van der Waals surface area (Å²) in [6.45, 7) is 1.73. The lowest BCUT2D eigenvalue weighted by molar-refractivity contribution is -0.127. The van der Waals surface area contributed by atoms with E-state index in [4.69, 9.17) is 0 Å². The van der Waals surface area contributed by atoms with Gasteiger partial charge in [-0.2, -0.15) is 0 Å². The van der Waals surface area contributed by atoms with Gasteiger partial charge in [-0.25, -0.2) is 8.42 Å². The Labute approximate surface area is 201 Å². The summed E-state index contributed by atoms with van der Waals surface area (Å²) in [5.41, 5.74) is 2.66. The normalized spacial score (nSPS) is 18.4. The molecule has 2 fully saturated rings. The molecule has 2 aromatic rings. The van der Waals surface area contributed by atoms with E-state index >= 15 is 0 Å². The molecule has 34 heavy (non-hydrogen) atoms. The highest BCUT2D eigenvalue weighted by Gasteiger charge is 2.28. The van der Waals surface area contributed by atoms with Crippen molar-refractivity contribution in [1.29, 1.82) is 0 Å². The van der Waals surface area contributed by atoms with Crippen LogP contribution in [0.1, 0.15) is 36.8 Å². The Hall–Kier alpha value is -3.13. The molecule has 0 bridgehead atoms. The Morgan fingerprint density at radius 3 is 2.32 bits per heavy atom. The van der Waals surface area contributed by atoms with Gasteiger partial charge in [-0.15, -0.1) is 0 Å². The predicted octanol–water partition coefficient (Wildman–Crippen LogP) is 2.98. The number of anilines is 1. The first kappa shape index (κ1) is 24.0. The van der Waals surface area contributed by atoms with E-state index in [0.29, 0.717) is 38.2 Å². The largest absolute Gasteiger partial charge is 0.353 e. The molecule has 0 saturated carbocycles. The zero-order valence-corrected chi connectivity index (χ0v) is 20.0. The number of nitrogens with one attached hydrogen (secondary N) is 1. The van der Waals surface area contributed by atoms with Crippen molar-refractivity contribution in [3.05, 3.63) is 71.8 Å². The molecule has 0 radical (unpaired) electrons. The van der Waals surface area contributed by atoms with Gasteiger partial charge in [0, 0.05) is 38.2 Å². The van der Waals surface area contributed by atoms with E-state index in [-0.39, 0.29) is 23.6 Å². The highest BCUT2D eigenvalue weighted by atomic mass is 32.2. The number of rotatable bonds is 7. The minimum Gasteiger partial charge on any atom is -0.353 e. The summed E-state index contributed by atoms with van der Waals surface area (Å²) in [5.74, 6) is 0.191. The molecule has 180 valence electrons. The number of carbonyl (C=O) groups is 2. The van der Waals surface area contributed by atoms with Crippen LogP contribution in [0.15, 0.2) is 60.7 Å². The number of piperidine rings is 1. The molecule has 2 amide bonds. The topological polar surface area (TPSA) is 86.8 Å². The van der Waals surface area contributed by atoms with Crippen molar-refractivity contribution in [3.63, 3.8) is 0 Å². The van der Waals surface area contributed by atoms with E-state index in [1.807, 2.05) is 42.5 Å². The Kier molecular flexibility index (Phi) is 7.67. The summed E-state index contributed by atoms with van der Waals surface area (Å²) >= 11 is 0. The number of aryl methyl sites for hydroxylation is 1. The van der Waals surface area contributed by atoms with E-state index in [9.17, 15) is 18.0 Å². The monoisotopic (exact) mass is 481 g/mol. The van der Waals surface area contributed by atoms with Gasteiger partial charge >= 0.3 is 0 Å². The fourth-order valence-electron chi connectivity index (χ4n) is 4.40. The minimum absolute atomic E-state index is 0.0544. The second-order valence-electron chi connectivity index (χ2n) is 8.82. The third kappa shape index (κ3) is 6.26. The molecule has 7 nitrogen and oxygen atoms in total. The molecule has 2 heterocycles. The molecule has 1 N–H and O–H groups in total. The number of amides is 2. The highest BCUT2D eigenvalue weighted by molar-refractivity contribution is 7.93. The van der Waals surface area contributed by atoms with Crippen LogP contribution in [0.5, 0.6) is 0 Å². The maximum Gasteiger partial charge on any atom is 0.246 e. The number of nitrogens with zero attached hydrogens (tertiary/aromatic N) is 2. The van der Waals surface area contributed by atoms with Gasteiger partial charge in [0.05, 0.1) is 11.4 Å². The first-order valence-electron chi connectivity index (χ1n) is 11.8. The summed E-state index contributed by atoms with van der Waals surface area (Å²) in [5, 5.41) is 3.10. The lowest BCUT2D eigenvalue weighted by atomic mass is 10.0. The van der Waals surface area contributed by atoms with Crippen molar-refractivity contribution in [2.75, 3.05) is 29.7 Å². The Morgan fingerprint density at radius 1 is 0.971 bits per heavy atom. The van der Waals surface area contributed by atoms with Crippen LogP contribution in [0, 0.1) is 0 Å². The molecular formula is C26H31N3O4S. The number of hydrogen-bond donors (Lipinski definition) is 1.